The fraction of sp³-hybridized carbons (Fsp3) is 1.00. The van der Waals surface area contributed by atoms with E-state index in [2.05, 4.69) is 12.7 Å². The van der Waals surface area contributed by atoms with Gasteiger partial charge in [-0.05, 0) is 45.9 Å². The van der Waals surface area contributed by atoms with Crippen LogP contribution in [0.1, 0.15) is 40.0 Å². The van der Waals surface area contributed by atoms with Crippen molar-refractivity contribution in [1.82, 2.24) is 0 Å². The summed E-state index contributed by atoms with van der Waals surface area (Å²) in [6.45, 7) is 9.10. The molecule has 0 aromatic heterocycles. The number of aliphatic hydroxyl groups excluding tert-OH is 3. The van der Waals surface area contributed by atoms with Crippen molar-refractivity contribution in [1.29, 1.82) is 0 Å². The molecule has 9 heteroatoms. The first-order valence-corrected chi connectivity index (χ1v) is 8.45. The second kappa shape index (κ2) is 66.4. The molecule has 1 atom stereocenters. The van der Waals surface area contributed by atoms with Gasteiger partial charge in [0.1, 0.15) is 0 Å². The van der Waals surface area contributed by atoms with Gasteiger partial charge in [-0.1, -0.05) is 20.8 Å². The van der Waals surface area contributed by atoms with E-state index in [-0.39, 0.29) is 19.3 Å². The van der Waals surface area contributed by atoms with Crippen LogP contribution < -0.4 is 34.4 Å². The Morgan fingerprint density at radius 1 is 0.750 bits per heavy atom. The fourth-order valence-electron chi connectivity index (χ4n) is 0.258. The molecule has 0 aromatic carbocycles. The molecular formula is C15H48N6O3. The largest absolute Gasteiger partial charge is 0.396 e. The van der Waals surface area contributed by atoms with Gasteiger partial charge < -0.3 is 49.7 Å². The van der Waals surface area contributed by atoms with Crippen molar-refractivity contribution in [3.63, 3.8) is 0 Å². The average Bonchev–Trinajstić information content (AvgIpc) is 2.64. The van der Waals surface area contributed by atoms with Crippen LogP contribution >= 0.6 is 0 Å². The van der Waals surface area contributed by atoms with Crippen molar-refractivity contribution in [2.24, 2.45) is 34.4 Å². The van der Waals surface area contributed by atoms with Crippen LogP contribution in [0.25, 0.3) is 0 Å². The molecule has 156 valence electrons. The molecule has 0 radical (unpaired) electrons. The first kappa shape index (κ1) is 38.9. The zero-order valence-corrected chi connectivity index (χ0v) is 16.5. The standard InChI is InChI=1S/C4H11NO.C3H9NO.C3H9N.C2H7NO.C2H7N.CH5N/c1-2-4(6)3-5;4-2-1-3-5;1-2-3-4;3-1-2-4;1-2-3;1-2/h4,6H,2-3,5H2,1H3;5H,1-4H2;2-4H2,1H3;4H,1-3H2;2-3H2,1H3;2H2,1H3. The molecule has 0 aliphatic rings. The van der Waals surface area contributed by atoms with Gasteiger partial charge in [0.2, 0.25) is 0 Å². The summed E-state index contributed by atoms with van der Waals surface area (Å²) in [6.07, 6.45) is 2.29. The molecule has 9 nitrogen and oxygen atoms in total. The zero-order valence-electron chi connectivity index (χ0n) is 16.5. The maximum atomic E-state index is 8.54. The van der Waals surface area contributed by atoms with Crippen LogP contribution in [0.4, 0.5) is 0 Å². The van der Waals surface area contributed by atoms with Gasteiger partial charge in [0, 0.05) is 19.7 Å². The van der Waals surface area contributed by atoms with Crippen molar-refractivity contribution in [3.8, 4) is 0 Å². The smallest absolute Gasteiger partial charge is 0.0659 e. The third-order valence-corrected chi connectivity index (χ3v) is 1.52. The molecule has 15 N–H and O–H groups in total. The summed E-state index contributed by atoms with van der Waals surface area (Å²) in [5.41, 5.74) is 29.2. The number of nitrogens with two attached hydrogens (primary N) is 6. The second-order valence-electron chi connectivity index (χ2n) is 3.87. The van der Waals surface area contributed by atoms with Gasteiger partial charge in [-0.25, -0.2) is 0 Å². The van der Waals surface area contributed by atoms with Gasteiger partial charge in [0.05, 0.1) is 12.7 Å². The molecule has 0 heterocycles. The molecule has 0 saturated carbocycles. The Balaban J connectivity index is -0.0000000418. The lowest BCUT2D eigenvalue weighted by Crippen LogP contribution is -2.17. The Labute approximate surface area is 149 Å². The van der Waals surface area contributed by atoms with Crippen molar-refractivity contribution in [3.05, 3.63) is 0 Å². The maximum Gasteiger partial charge on any atom is 0.0659 e. The highest BCUT2D eigenvalue weighted by atomic mass is 16.3. The van der Waals surface area contributed by atoms with Crippen LogP contribution in [0.3, 0.4) is 0 Å². The SMILES string of the molecule is CCC(O)CN.CCCN.CCN.CN.NCCCO.NCCO. The summed E-state index contributed by atoms with van der Waals surface area (Å²) in [6, 6.07) is 0. The van der Waals surface area contributed by atoms with Crippen LogP contribution in [0.15, 0.2) is 0 Å². The minimum absolute atomic E-state index is 0.0972. The normalized spacial score (nSPS) is 8.88. The molecule has 0 rings (SSSR count). The molecule has 0 aliphatic heterocycles. The maximum absolute atomic E-state index is 8.54. The molecule has 0 aliphatic carbocycles. The van der Waals surface area contributed by atoms with E-state index in [1.165, 1.54) is 7.05 Å². The van der Waals surface area contributed by atoms with E-state index in [1.807, 2.05) is 13.8 Å². The zero-order chi connectivity index (χ0) is 20.6. The van der Waals surface area contributed by atoms with Gasteiger partial charge in [-0.15, -0.1) is 0 Å². The number of aliphatic hydroxyl groups is 3. The van der Waals surface area contributed by atoms with E-state index >= 15 is 0 Å². The van der Waals surface area contributed by atoms with Gasteiger partial charge in [-0.2, -0.15) is 0 Å². The molecule has 0 aromatic rings. The Morgan fingerprint density at radius 3 is 1.08 bits per heavy atom. The second-order valence-corrected chi connectivity index (χ2v) is 3.87. The van der Waals surface area contributed by atoms with E-state index in [4.69, 9.17) is 44.0 Å². The van der Waals surface area contributed by atoms with Crippen molar-refractivity contribution >= 4 is 0 Å². The quantitative estimate of drug-likeness (QED) is 0.252. The van der Waals surface area contributed by atoms with E-state index in [0.717, 1.165) is 32.4 Å². The average molecular weight is 361 g/mol. The summed E-state index contributed by atoms with van der Waals surface area (Å²) in [5, 5.41) is 24.3. The third-order valence-electron chi connectivity index (χ3n) is 1.52. The predicted octanol–water partition coefficient (Wildman–Crippen LogP) is -2.12. The van der Waals surface area contributed by atoms with Crippen LogP contribution in [0.2, 0.25) is 0 Å². The molecule has 24 heavy (non-hydrogen) atoms. The van der Waals surface area contributed by atoms with E-state index in [1.54, 1.807) is 0 Å². The van der Waals surface area contributed by atoms with E-state index in [0.29, 0.717) is 19.6 Å². The van der Waals surface area contributed by atoms with Crippen molar-refractivity contribution < 1.29 is 15.3 Å². The van der Waals surface area contributed by atoms with Gasteiger partial charge in [0.25, 0.3) is 0 Å². The Kier molecular flexibility index (Phi) is 108. The summed E-state index contributed by atoms with van der Waals surface area (Å²) in [5.74, 6) is 0. The summed E-state index contributed by atoms with van der Waals surface area (Å²) in [7, 11) is 1.50. The van der Waals surface area contributed by atoms with Gasteiger partial charge in [-0.3, -0.25) is 0 Å². The van der Waals surface area contributed by atoms with Gasteiger partial charge >= 0.3 is 0 Å². The monoisotopic (exact) mass is 360 g/mol. The van der Waals surface area contributed by atoms with Crippen LogP contribution in [-0.4, -0.2) is 74.4 Å². The lowest BCUT2D eigenvalue weighted by atomic mass is 10.3. The molecule has 0 bridgehead atoms. The first-order valence-electron chi connectivity index (χ1n) is 8.45. The molecular weight excluding hydrogens is 312 g/mol. The minimum atomic E-state index is -0.287. The number of rotatable bonds is 6. The lowest BCUT2D eigenvalue weighted by molar-refractivity contribution is 0.179. The fourth-order valence-corrected chi connectivity index (χ4v) is 0.258. The van der Waals surface area contributed by atoms with E-state index < -0.39 is 0 Å². The molecule has 0 saturated heterocycles. The van der Waals surface area contributed by atoms with E-state index in [9.17, 15) is 0 Å². The summed E-state index contributed by atoms with van der Waals surface area (Å²) in [4.78, 5) is 0. The minimum Gasteiger partial charge on any atom is -0.396 e. The topological polar surface area (TPSA) is 217 Å². The summed E-state index contributed by atoms with van der Waals surface area (Å²) >= 11 is 0. The molecule has 0 amide bonds. The highest BCUT2D eigenvalue weighted by Crippen LogP contribution is 1.81. The van der Waals surface area contributed by atoms with Crippen molar-refractivity contribution in [2.75, 3.05) is 53.0 Å². The third kappa shape index (κ3) is 158. The summed E-state index contributed by atoms with van der Waals surface area (Å²) < 4.78 is 0. The highest BCUT2D eigenvalue weighted by molar-refractivity contribution is 4.48. The number of hydrogen-bond donors (Lipinski definition) is 9. The first-order chi connectivity index (χ1) is 11.5. The number of hydrogen-bond acceptors (Lipinski definition) is 9. The van der Waals surface area contributed by atoms with Crippen molar-refractivity contribution in [2.45, 2.75) is 46.1 Å². The molecule has 0 fully saturated rings. The highest BCUT2D eigenvalue weighted by Gasteiger charge is 1.90. The predicted molar refractivity (Wildman–Crippen MR) is 106 cm³/mol. The van der Waals surface area contributed by atoms with Crippen LogP contribution in [-0.2, 0) is 0 Å². The molecule has 1 unspecified atom stereocenters. The Morgan fingerprint density at radius 2 is 1.08 bits per heavy atom. The Bertz CT molecular complexity index is 113. The van der Waals surface area contributed by atoms with Crippen LogP contribution in [0, 0.1) is 0 Å². The molecule has 0 spiro atoms. The lowest BCUT2D eigenvalue weighted by Gasteiger charge is -1.98. The van der Waals surface area contributed by atoms with Gasteiger partial charge in [0.15, 0.2) is 0 Å². The Hall–Kier alpha value is -0.360. The van der Waals surface area contributed by atoms with Crippen LogP contribution in [0.5, 0.6) is 0 Å².